The van der Waals surface area contributed by atoms with E-state index in [1.165, 1.54) is 0 Å². The summed E-state index contributed by atoms with van der Waals surface area (Å²) in [6, 6.07) is 11.0. The molecule has 0 saturated carbocycles. The van der Waals surface area contributed by atoms with Gasteiger partial charge in [-0.25, -0.2) is 9.59 Å². The van der Waals surface area contributed by atoms with Gasteiger partial charge < -0.3 is 25.2 Å². The topological polar surface area (TPSA) is 96.9 Å². The van der Waals surface area contributed by atoms with Crippen molar-refractivity contribution in [1.29, 1.82) is 0 Å². The van der Waals surface area contributed by atoms with Crippen molar-refractivity contribution < 1.29 is 24.2 Å². The number of hydrogen-bond donors (Lipinski definition) is 3. The van der Waals surface area contributed by atoms with E-state index in [-0.39, 0.29) is 6.54 Å². The van der Waals surface area contributed by atoms with Crippen LogP contribution in [0, 0.1) is 0 Å². The van der Waals surface area contributed by atoms with Gasteiger partial charge in [-0.2, -0.15) is 0 Å². The molecule has 0 aliphatic rings. The van der Waals surface area contributed by atoms with Gasteiger partial charge in [0.15, 0.2) is 6.04 Å². The van der Waals surface area contributed by atoms with E-state index < -0.39 is 23.7 Å². The smallest absolute Gasteiger partial charge is 0.407 e. The SMILES string of the molecule is CCOc1cccc(C(Nc2ccc(CNC(=O)OC(C)(C)C)c(Cl)c2)C(=O)O)c1. The molecule has 0 bridgehead atoms. The number of rotatable bonds is 8. The van der Waals surface area contributed by atoms with Crippen LogP contribution in [-0.2, 0) is 16.1 Å². The van der Waals surface area contributed by atoms with Crippen LogP contribution in [0.15, 0.2) is 42.5 Å². The molecular weight excluding hydrogens is 408 g/mol. The molecule has 3 N–H and O–H groups in total. The molecule has 1 atom stereocenters. The maximum Gasteiger partial charge on any atom is 0.407 e. The molecule has 0 spiro atoms. The van der Waals surface area contributed by atoms with Gasteiger partial charge in [-0.1, -0.05) is 29.8 Å². The minimum Gasteiger partial charge on any atom is -0.494 e. The number of ether oxygens (including phenoxy) is 2. The van der Waals surface area contributed by atoms with Crippen LogP contribution in [0.4, 0.5) is 10.5 Å². The molecule has 2 aromatic carbocycles. The van der Waals surface area contributed by atoms with E-state index in [0.29, 0.717) is 34.2 Å². The highest BCUT2D eigenvalue weighted by Crippen LogP contribution is 2.27. The molecule has 0 heterocycles. The lowest BCUT2D eigenvalue weighted by Gasteiger charge is -2.20. The molecule has 30 heavy (non-hydrogen) atoms. The maximum absolute atomic E-state index is 11.8. The van der Waals surface area contributed by atoms with Crippen LogP contribution in [0.1, 0.15) is 44.9 Å². The summed E-state index contributed by atoms with van der Waals surface area (Å²) in [6.45, 7) is 7.88. The summed E-state index contributed by atoms with van der Waals surface area (Å²) in [5.41, 5.74) is 1.18. The molecule has 0 radical (unpaired) electrons. The van der Waals surface area contributed by atoms with Gasteiger partial charge in [-0.3, -0.25) is 0 Å². The Morgan fingerprint density at radius 2 is 1.90 bits per heavy atom. The Labute approximate surface area is 181 Å². The third-order valence-corrected chi connectivity index (χ3v) is 4.29. The van der Waals surface area contributed by atoms with E-state index in [9.17, 15) is 14.7 Å². The van der Waals surface area contributed by atoms with Gasteiger partial charge in [-0.05, 0) is 63.1 Å². The third-order valence-electron chi connectivity index (χ3n) is 3.94. The predicted octanol–water partition coefficient (Wildman–Crippen LogP) is 5.00. The van der Waals surface area contributed by atoms with E-state index >= 15 is 0 Å². The summed E-state index contributed by atoms with van der Waals surface area (Å²) in [4.78, 5) is 23.6. The van der Waals surface area contributed by atoms with Crippen molar-refractivity contribution in [2.45, 2.75) is 45.9 Å². The van der Waals surface area contributed by atoms with E-state index in [1.807, 2.05) is 6.92 Å². The highest BCUT2D eigenvalue weighted by atomic mass is 35.5. The lowest BCUT2D eigenvalue weighted by atomic mass is 10.1. The lowest BCUT2D eigenvalue weighted by molar-refractivity contribution is -0.138. The highest BCUT2D eigenvalue weighted by Gasteiger charge is 2.21. The van der Waals surface area contributed by atoms with Gasteiger partial charge in [0, 0.05) is 17.3 Å². The zero-order valence-electron chi connectivity index (χ0n) is 17.5. The van der Waals surface area contributed by atoms with Crippen molar-refractivity contribution >= 4 is 29.4 Å². The fourth-order valence-corrected chi connectivity index (χ4v) is 2.91. The molecule has 7 nitrogen and oxygen atoms in total. The van der Waals surface area contributed by atoms with Gasteiger partial charge in [0.05, 0.1) is 6.61 Å². The second-order valence-corrected chi connectivity index (χ2v) is 7.99. The van der Waals surface area contributed by atoms with Gasteiger partial charge in [0.1, 0.15) is 11.4 Å². The molecule has 2 rings (SSSR count). The molecule has 0 aliphatic carbocycles. The molecule has 2 aromatic rings. The quantitative estimate of drug-likeness (QED) is 0.540. The van der Waals surface area contributed by atoms with Crippen LogP contribution >= 0.6 is 11.6 Å². The minimum atomic E-state index is -1.03. The number of carbonyl (C=O) groups excluding carboxylic acids is 1. The number of amides is 1. The number of carbonyl (C=O) groups is 2. The standard InChI is InChI=1S/C22H27ClN2O5/c1-5-29-17-8-6-7-14(11-17)19(20(26)27)25-16-10-9-15(18(23)12-16)13-24-21(28)30-22(2,3)4/h6-12,19,25H,5,13H2,1-4H3,(H,24,28)(H,26,27). The Hall–Kier alpha value is -2.93. The monoisotopic (exact) mass is 434 g/mol. The normalized spacial score (nSPS) is 12.0. The molecule has 1 unspecified atom stereocenters. The summed E-state index contributed by atoms with van der Waals surface area (Å²) in [5.74, 6) is -0.430. The van der Waals surface area contributed by atoms with Crippen molar-refractivity contribution in [3.63, 3.8) is 0 Å². The first-order valence-electron chi connectivity index (χ1n) is 9.56. The Morgan fingerprint density at radius 3 is 2.50 bits per heavy atom. The first-order chi connectivity index (χ1) is 14.1. The van der Waals surface area contributed by atoms with Crippen LogP contribution < -0.4 is 15.4 Å². The number of carboxylic acids is 1. The number of hydrogen-bond acceptors (Lipinski definition) is 5. The number of halogens is 1. The summed E-state index contributed by atoms with van der Waals surface area (Å²) in [5, 5.41) is 15.7. The average Bonchev–Trinajstić information content (AvgIpc) is 2.64. The van der Waals surface area contributed by atoms with Crippen molar-refractivity contribution in [2.75, 3.05) is 11.9 Å². The van der Waals surface area contributed by atoms with Crippen LogP contribution in [0.2, 0.25) is 5.02 Å². The van der Waals surface area contributed by atoms with Crippen molar-refractivity contribution in [3.05, 3.63) is 58.6 Å². The largest absolute Gasteiger partial charge is 0.494 e. The molecule has 0 saturated heterocycles. The van der Waals surface area contributed by atoms with Gasteiger partial charge in [0.2, 0.25) is 0 Å². The number of alkyl carbamates (subject to hydrolysis) is 1. The molecule has 0 fully saturated rings. The maximum atomic E-state index is 11.8. The highest BCUT2D eigenvalue weighted by molar-refractivity contribution is 6.31. The second-order valence-electron chi connectivity index (χ2n) is 7.58. The van der Waals surface area contributed by atoms with Gasteiger partial charge >= 0.3 is 12.1 Å². The number of carboxylic acid groups (broad SMARTS) is 1. The Bertz CT molecular complexity index is 895. The molecule has 0 aliphatic heterocycles. The summed E-state index contributed by atoms with van der Waals surface area (Å²) in [6.07, 6.45) is -0.541. The van der Waals surface area contributed by atoms with Crippen LogP contribution in [0.3, 0.4) is 0 Å². The number of aliphatic carboxylic acids is 1. The number of anilines is 1. The van der Waals surface area contributed by atoms with E-state index in [4.69, 9.17) is 21.1 Å². The van der Waals surface area contributed by atoms with E-state index in [0.717, 1.165) is 0 Å². The molecule has 1 amide bonds. The fraction of sp³-hybridized carbons (Fsp3) is 0.364. The predicted molar refractivity (Wildman–Crippen MR) is 116 cm³/mol. The second kappa shape index (κ2) is 10.2. The van der Waals surface area contributed by atoms with Gasteiger partial charge in [0.25, 0.3) is 0 Å². The minimum absolute atomic E-state index is 0.187. The van der Waals surface area contributed by atoms with Crippen molar-refractivity contribution in [3.8, 4) is 5.75 Å². The summed E-state index contributed by atoms with van der Waals surface area (Å²) >= 11 is 6.32. The molecule has 0 aromatic heterocycles. The van der Waals surface area contributed by atoms with Crippen molar-refractivity contribution in [1.82, 2.24) is 5.32 Å². The van der Waals surface area contributed by atoms with Crippen LogP contribution in [0.5, 0.6) is 5.75 Å². The summed E-state index contributed by atoms with van der Waals surface area (Å²) < 4.78 is 10.6. The lowest BCUT2D eigenvalue weighted by Crippen LogP contribution is -2.32. The fourth-order valence-electron chi connectivity index (χ4n) is 2.67. The van der Waals surface area contributed by atoms with Crippen molar-refractivity contribution in [2.24, 2.45) is 0 Å². The Morgan fingerprint density at radius 1 is 1.17 bits per heavy atom. The Balaban J connectivity index is 2.10. The first kappa shape index (κ1) is 23.3. The first-order valence-corrected chi connectivity index (χ1v) is 9.94. The zero-order chi connectivity index (χ0) is 22.3. The van der Waals surface area contributed by atoms with E-state index in [1.54, 1.807) is 63.2 Å². The average molecular weight is 435 g/mol. The van der Waals surface area contributed by atoms with Crippen LogP contribution in [-0.4, -0.2) is 29.4 Å². The number of benzene rings is 2. The zero-order valence-corrected chi connectivity index (χ0v) is 18.2. The van der Waals surface area contributed by atoms with Crippen LogP contribution in [0.25, 0.3) is 0 Å². The van der Waals surface area contributed by atoms with Gasteiger partial charge in [-0.15, -0.1) is 0 Å². The summed E-state index contributed by atoms with van der Waals surface area (Å²) in [7, 11) is 0. The Kier molecular flexibility index (Phi) is 7.94. The molecule has 8 heteroatoms. The third kappa shape index (κ3) is 7.15. The van der Waals surface area contributed by atoms with E-state index in [2.05, 4.69) is 10.6 Å². The molecule has 162 valence electrons. The number of nitrogens with one attached hydrogen (secondary N) is 2. The molecular formula is C22H27ClN2O5.